The molecule has 5 heteroatoms. The number of benzene rings is 1. The Morgan fingerprint density at radius 2 is 1.81 bits per heavy atom. The maximum atomic E-state index is 13.2. The van der Waals surface area contributed by atoms with Crippen molar-refractivity contribution < 1.29 is 13.5 Å². The first-order chi connectivity index (χ1) is 7.77. The minimum atomic E-state index is -0.635. The fourth-order valence-electron chi connectivity index (χ4n) is 1.18. The fourth-order valence-corrected chi connectivity index (χ4v) is 1.18. The van der Waals surface area contributed by atoms with Crippen LogP contribution in [-0.4, -0.2) is 10.2 Å². The summed E-state index contributed by atoms with van der Waals surface area (Å²) < 4.78 is 31.5. The lowest BCUT2D eigenvalue weighted by atomic mass is 10.2. The lowest BCUT2D eigenvalue weighted by molar-refractivity contribution is 0.278. The predicted octanol–water partition coefficient (Wildman–Crippen LogP) is 2.33. The van der Waals surface area contributed by atoms with Crippen LogP contribution in [0, 0.1) is 11.6 Å². The third kappa shape index (κ3) is 2.31. The molecule has 2 rings (SSSR count). The Morgan fingerprint density at radius 3 is 2.44 bits per heavy atom. The first kappa shape index (κ1) is 10.5. The van der Waals surface area contributed by atoms with Gasteiger partial charge in [-0.1, -0.05) is 6.07 Å². The maximum absolute atomic E-state index is 13.2. The van der Waals surface area contributed by atoms with Gasteiger partial charge in [-0.3, -0.25) is 0 Å². The van der Waals surface area contributed by atoms with Gasteiger partial charge in [0.05, 0.1) is 5.56 Å². The SMILES string of the molecule is Fc1cccc(F)c1COc1cccnn1. The van der Waals surface area contributed by atoms with Crippen LogP contribution in [0.25, 0.3) is 0 Å². The zero-order valence-corrected chi connectivity index (χ0v) is 8.23. The average Bonchev–Trinajstić information content (AvgIpc) is 2.30. The topological polar surface area (TPSA) is 35.0 Å². The van der Waals surface area contributed by atoms with Gasteiger partial charge < -0.3 is 4.74 Å². The van der Waals surface area contributed by atoms with Crippen LogP contribution in [-0.2, 0) is 6.61 Å². The quantitative estimate of drug-likeness (QED) is 0.799. The molecule has 0 amide bonds. The number of aromatic nitrogens is 2. The highest BCUT2D eigenvalue weighted by Gasteiger charge is 2.08. The summed E-state index contributed by atoms with van der Waals surface area (Å²) in [6.07, 6.45) is 1.48. The van der Waals surface area contributed by atoms with Gasteiger partial charge in [-0.25, -0.2) is 8.78 Å². The molecule has 0 fully saturated rings. The summed E-state index contributed by atoms with van der Waals surface area (Å²) in [6, 6.07) is 6.85. The minimum Gasteiger partial charge on any atom is -0.471 e. The third-order valence-electron chi connectivity index (χ3n) is 1.97. The number of rotatable bonds is 3. The van der Waals surface area contributed by atoms with E-state index in [0.717, 1.165) is 0 Å². The van der Waals surface area contributed by atoms with E-state index in [2.05, 4.69) is 10.2 Å². The van der Waals surface area contributed by atoms with Gasteiger partial charge in [0.15, 0.2) is 0 Å². The Kier molecular flexibility index (Phi) is 3.05. The van der Waals surface area contributed by atoms with E-state index in [4.69, 9.17) is 4.74 Å². The molecule has 0 aliphatic rings. The van der Waals surface area contributed by atoms with Crippen molar-refractivity contribution in [2.45, 2.75) is 6.61 Å². The number of hydrogen-bond donors (Lipinski definition) is 0. The van der Waals surface area contributed by atoms with Crippen molar-refractivity contribution in [3.05, 3.63) is 53.7 Å². The number of nitrogens with zero attached hydrogens (tertiary/aromatic N) is 2. The van der Waals surface area contributed by atoms with Gasteiger partial charge in [-0.2, -0.15) is 5.10 Å². The van der Waals surface area contributed by atoms with Crippen LogP contribution in [0.4, 0.5) is 8.78 Å². The Balaban J connectivity index is 2.11. The molecule has 0 N–H and O–H groups in total. The molecule has 0 radical (unpaired) electrons. The van der Waals surface area contributed by atoms with Crippen molar-refractivity contribution in [1.82, 2.24) is 10.2 Å². The zero-order chi connectivity index (χ0) is 11.4. The van der Waals surface area contributed by atoms with Gasteiger partial charge in [0.1, 0.15) is 18.2 Å². The summed E-state index contributed by atoms with van der Waals surface area (Å²) in [7, 11) is 0. The summed E-state index contributed by atoms with van der Waals surface area (Å²) in [4.78, 5) is 0. The monoisotopic (exact) mass is 222 g/mol. The molecule has 0 saturated carbocycles. The van der Waals surface area contributed by atoms with Crippen LogP contribution >= 0.6 is 0 Å². The molecule has 1 aromatic carbocycles. The molecule has 0 spiro atoms. The highest BCUT2D eigenvalue weighted by molar-refractivity contribution is 5.19. The second kappa shape index (κ2) is 4.65. The van der Waals surface area contributed by atoms with Crippen molar-refractivity contribution in [2.75, 3.05) is 0 Å². The van der Waals surface area contributed by atoms with Gasteiger partial charge in [0.2, 0.25) is 5.88 Å². The van der Waals surface area contributed by atoms with Gasteiger partial charge in [-0.15, -0.1) is 5.10 Å². The Labute approximate surface area is 90.7 Å². The number of ether oxygens (including phenoxy) is 1. The Bertz CT molecular complexity index is 456. The molecule has 82 valence electrons. The zero-order valence-electron chi connectivity index (χ0n) is 8.23. The summed E-state index contributed by atoms with van der Waals surface area (Å²) >= 11 is 0. The van der Waals surface area contributed by atoms with Crippen LogP contribution in [0.15, 0.2) is 36.5 Å². The maximum Gasteiger partial charge on any atom is 0.233 e. The minimum absolute atomic E-state index is 0.117. The lowest BCUT2D eigenvalue weighted by Gasteiger charge is -2.06. The van der Waals surface area contributed by atoms with Crippen LogP contribution in [0.3, 0.4) is 0 Å². The number of halogens is 2. The van der Waals surface area contributed by atoms with Crippen LogP contribution in [0.5, 0.6) is 5.88 Å². The molecule has 3 nitrogen and oxygen atoms in total. The first-order valence-corrected chi connectivity index (χ1v) is 4.61. The van der Waals surface area contributed by atoms with E-state index in [0.29, 0.717) is 0 Å². The van der Waals surface area contributed by atoms with Gasteiger partial charge in [0, 0.05) is 12.3 Å². The van der Waals surface area contributed by atoms with E-state index in [-0.39, 0.29) is 18.1 Å². The molecule has 0 saturated heterocycles. The molecular formula is C11H8F2N2O. The van der Waals surface area contributed by atoms with Gasteiger partial charge in [-0.05, 0) is 18.2 Å². The van der Waals surface area contributed by atoms with Crippen molar-refractivity contribution in [1.29, 1.82) is 0 Å². The smallest absolute Gasteiger partial charge is 0.233 e. The van der Waals surface area contributed by atoms with Crippen LogP contribution in [0.2, 0.25) is 0 Å². The van der Waals surface area contributed by atoms with Crippen molar-refractivity contribution in [3.8, 4) is 5.88 Å². The lowest BCUT2D eigenvalue weighted by Crippen LogP contribution is -2.03. The fraction of sp³-hybridized carbons (Fsp3) is 0.0909. The molecule has 0 bridgehead atoms. The van der Waals surface area contributed by atoms with E-state index >= 15 is 0 Å². The summed E-state index contributed by atoms with van der Waals surface area (Å²) in [5, 5.41) is 7.22. The summed E-state index contributed by atoms with van der Waals surface area (Å²) in [5.41, 5.74) is -0.117. The van der Waals surface area contributed by atoms with E-state index in [1.165, 1.54) is 24.4 Å². The molecule has 0 aliphatic heterocycles. The highest BCUT2D eigenvalue weighted by Crippen LogP contribution is 2.14. The third-order valence-corrected chi connectivity index (χ3v) is 1.97. The second-order valence-electron chi connectivity index (χ2n) is 3.05. The van der Waals surface area contributed by atoms with E-state index in [1.807, 2.05) is 0 Å². The van der Waals surface area contributed by atoms with Gasteiger partial charge in [0.25, 0.3) is 0 Å². The molecular weight excluding hydrogens is 214 g/mol. The summed E-state index contributed by atoms with van der Waals surface area (Å²) in [5.74, 6) is -1.04. The van der Waals surface area contributed by atoms with Crippen molar-refractivity contribution in [2.24, 2.45) is 0 Å². The molecule has 0 atom stereocenters. The number of hydrogen-bond acceptors (Lipinski definition) is 3. The molecule has 1 aromatic heterocycles. The Hall–Kier alpha value is -2.04. The normalized spacial score (nSPS) is 10.1. The largest absolute Gasteiger partial charge is 0.471 e. The Morgan fingerprint density at radius 1 is 1.06 bits per heavy atom. The molecule has 16 heavy (non-hydrogen) atoms. The van der Waals surface area contributed by atoms with Crippen molar-refractivity contribution in [3.63, 3.8) is 0 Å². The second-order valence-corrected chi connectivity index (χ2v) is 3.05. The first-order valence-electron chi connectivity index (χ1n) is 4.61. The molecule has 0 aliphatic carbocycles. The molecule has 0 unspecified atom stereocenters. The molecule has 2 aromatic rings. The predicted molar refractivity (Wildman–Crippen MR) is 52.7 cm³/mol. The van der Waals surface area contributed by atoms with Crippen LogP contribution in [0.1, 0.15) is 5.56 Å². The molecule has 1 heterocycles. The average molecular weight is 222 g/mol. The van der Waals surface area contributed by atoms with E-state index < -0.39 is 11.6 Å². The highest BCUT2D eigenvalue weighted by atomic mass is 19.1. The van der Waals surface area contributed by atoms with Crippen molar-refractivity contribution >= 4 is 0 Å². The van der Waals surface area contributed by atoms with E-state index in [1.54, 1.807) is 12.1 Å². The van der Waals surface area contributed by atoms with E-state index in [9.17, 15) is 8.78 Å². The standard InChI is InChI=1S/C11H8F2N2O/c12-9-3-1-4-10(13)8(9)7-16-11-5-2-6-14-15-11/h1-6H,7H2. The summed E-state index contributed by atoms with van der Waals surface area (Å²) in [6.45, 7) is -0.211. The van der Waals surface area contributed by atoms with Crippen LogP contribution < -0.4 is 4.74 Å². The van der Waals surface area contributed by atoms with Gasteiger partial charge >= 0.3 is 0 Å².